The Morgan fingerprint density at radius 3 is 2.94 bits per heavy atom. The molecule has 2 nitrogen and oxygen atoms in total. The van der Waals surface area contributed by atoms with Crippen molar-refractivity contribution in [3.8, 4) is 0 Å². The Morgan fingerprint density at radius 1 is 1.50 bits per heavy atom. The first kappa shape index (κ1) is 12.1. The lowest BCUT2D eigenvalue weighted by atomic mass is 9.84. The lowest BCUT2D eigenvalue weighted by Crippen LogP contribution is -2.35. The average Bonchev–Trinajstić information content (AvgIpc) is 2.90. The molecule has 16 heavy (non-hydrogen) atoms. The van der Waals surface area contributed by atoms with E-state index in [4.69, 9.17) is 0 Å². The van der Waals surface area contributed by atoms with E-state index < -0.39 is 0 Å². The van der Waals surface area contributed by atoms with Gasteiger partial charge in [0.15, 0.2) is 0 Å². The Kier molecular flexibility index (Phi) is 4.00. The summed E-state index contributed by atoms with van der Waals surface area (Å²) in [5, 5.41) is 11.6. The summed E-state index contributed by atoms with van der Waals surface area (Å²) in [6.07, 6.45) is 2.59. The largest absolute Gasteiger partial charge is 0.316 e. The van der Waals surface area contributed by atoms with Gasteiger partial charge in [0.25, 0.3) is 0 Å². The van der Waals surface area contributed by atoms with Crippen LogP contribution in [0.5, 0.6) is 0 Å². The number of nitrogens with one attached hydrogen (secondary N) is 2. The topological polar surface area (TPSA) is 24.1 Å². The monoisotopic (exact) mass is 238 g/mol. The molecular formula is C13H22N2S. The summed E-state index contributed by atoms with van der Waals surface area (Å²) < 4.78 is 0. The van der Waals surface area contributed by atoms with Crippen LogP contribution in [0.15, 0.2) is 10.8 Å². The van der Waals surface area contributed by atoms with Gasteiger partial charge in [-0.05, 0) is 53.6 Å². The van der Waals surface area contributed by atoms with Gasteiger partial charge >= 0.3 is 0 Å². The van der Waals surface area contributed by atoms with Gasteiger partial charge in [-0.3, -0.25) is 0 Å². The molecule has 1 aromatic heterocycles. The predicted molar refractivity (Wildman–Crippen MR) is 71.0 cm³/mol. The van der Waals surface area contributed by atoms with Gasteiger partial charge in [0, 0.05) is 19.6 Å². The highest BCUT2D eigenvalue weighted by molar-refractivity contribution is 7.08. The Bertz CT molecular complexity index is 326. The fourth-order valence-corrected chi connectivity index (χ4v) is 3.26. The second kappa shape index (κ2) is 5.30. The number of thiophene rings is 1. The van der Waals surface area contributed by atoms with Crippen LogP contribution in [-0.2, 0) is 6.54 Å². The van der Waals surface area contributed by atoms with E-state index in [9.17, 15) is 0 Å². The van der Waals surface area contributed by atoms with Gasteiger partial charge < -0.3 is 10.6 Å². The minimum Gasteiger partial charge on any atom is -0.316 e. The van der Waals surface area contributed by atoms with E-state index in [1.165, 1.54) is 37.1 Å². The number of hydrogen-bond donors (Lipinski definition) is 2. The van der Waals surface area contributed by atoms with Gasteiger partial charge in [-0.1, -0.05) is 6.92 Å². The molecule has 1 unspecified atom stereocenters. The third kappa shape index (κ3) is 2.65. The summed E-state index contributed by atoms with van der Waals surface area (Å²) in [5.41, 5.74) is 3.39. The maximum absolute atomic E-state index is 3.63. The van der Waals surface area contributed by atoms with E-state index in [0.717, 1.165) is 13.1 Å². The van der Waals surface area contributed by atoms with Crippen molar-refractivity contribution in [3.05, 3.63) is 21.9 Å². The van der Waals surface area contributed by atoms with Crippen molar-refractivity contribution in [1.82, 2.24) is 10.6 Å². The zero-order chi connectivity index (χ0) is 11.4. The third-order valence-corrected chi connectivity index (χ3v) is 4.77. The molecule has 1 fully saturated rings. The Labute approximate surface area is 102 Å². The molecule has 0 bridgehead atoms. The highest BCUT2D eigenvalue weighted by atomic mass is 32.1. The van der Waals surface area contributed by atoms with E-state index in [0.29, 0.717) is 5.41 Å². The lowest BCUT2D eigenvalue weighted by Gasteiger charge is -2.27. The maximum atomic E-state index is 3.63. The fraction of sp³-hybridized carbons (Fsp3) is 0.692. The van der Waals surface area contributed by atoms with Gasteiger partial charge in [0.2, 0.25) is 0 Å². The summed E-state index contributed by atoms with van der Waals surface area (Å²) in [7, 11) is 0. The van der Waals surface area contributed by atoms with Crippen molar-refractivity contribution in [3.63, 3.8) is 0 Å². The van der Waals surface area contributed by atoms with Crippen LogP contribution in [0.3, 0.4) is 0 Å². The zero-order valence-electron chi connectivity index (χ0n) is 10.3. The van der Waals surface area contributed by atoms with E-state index >= 15 is 0 Å². The molecule has 1 atom stereocenters. The summed E-state index contributed by atoms with van der Waals surface area (Å²) in [5.74, 6) is 0. The second-order valence-corrected chi connectivity index (χ2v) is 5.71. The first-order valence-corrected chi connectivity index (χ1v) is 7.13. The zero-order valence-corrected chi connectivity index (χ0v) is 11.1. The van der Waals surface area contributed by atoms with Gasteiger partial charge in [-0.25, -0.2) is 0 Å². The highest BCUT2D eigenvalue weighted by Crippen LogP contribution is 2.28. The SMILES string of the molecule is CCC1(CNCc2cscc2C)CCNC1. The van der Waals surface area contributed by atoms with Gasteiger partial charge in [-0.2, -0.15) is 11.3 Å². The summed E-state index contributed by atoms with van der Waals surface area (Å²) >= 11 is 1.80. The summed E-state index contributed by atoms with van der Waals surface area (Å²) in [6, 6.07) is 0. The molecule has 0 saturated carbocycles. The number of hydrogen-bond acceptors (Lipinski definition) is 3. The molecule has 0 aliphatic carbocycles. The lowest BCUT2D eigenvalue weighted by molar-refractivity contribution is 0.291. The van der Waals surface area contributed by atoms with E-state index in [2.05, 4.69) is 35.2 Å². The van der Waals surface area contributed by atoms with Crippen molar-refractivity contribution < 1.29 is 0 Å². The van der Waals surface area contributed by atoms with Crippen LogP contribution in [-0.4, -0.2) is 19.6 Å². The molecule has 2 rings (SSSR count). The average molecular weight is 238 g/mol. The van der Waals surface area contributed by atoms with Crippen LogP contribution < -0.4 is 10.6 Å². The maximum Gasteiger partial charge on any atom is 0.0216 e. The van der Waals surface area contributed by atoms with Crippen LogP contribution in [0.4, 0.5) is 0 Å². The molecule has 2 N–H and O–H groups in total. The Balaban J connectivity index is 1.81. The molecule has 0 aromatic carbocycles. The van der Waals surface area contributed by atoms with Crippen LogP contribution in [0.1, 0.15) is 30.9 Å². The van der Waals surface area contributed by atoms with Gasteiger partial charge in [0.1, 0.15) is 0 Å². The van der Waals surface area contributed by atoms with Crippen molar-refractivity contribution in [2.45, 2.75) is 33.2 Å². The molecule has 1 aliphatic heterocycles. The molecule has 90 valence electrons. The number of rotatable bonds is 5. The van der Waals surface area contributed by atoms with Crippen LogP contribution >= 0.6 is 11.3 Å². The van der Waals surface area contributed by atoms with Crippen molar-refractivity contribution in [1.29, 1.82) is 0 Å². The molecule has 3 heteroatoms. The van der Waals surface area contributed by atoms with Gasteiger partial charge in [-0.15, -0.1) is 0 Å². The third-order valence-electron chi connectivity index (χ3n) is 3.86. The molecule has 2 heterocycles. The van der Waals surface area contributed by atoms with Gasteiger partial charge in [0.05, 0.1) is 0 Å². The van der Waals surface area contributed by atoms with E-state index in [1.54, 1.807) is 11.3 Å². The molecule has 0 spiro atoms. The Morgan fingerprint density at radius 2 is 2.38 bits per heavy atom. The molecule has 1 aromatic rings. The molecule has 1 saturated heterocycles. The minimum atomic E-state index is 0.504. The first-order chi connectivity index (χ1) is 7.76. The summed E-state index contributed by atoms with van der Waals surface area (Å²) in [4.78, 5) is 0. The predicted octanol–water partition coefficient (Wildman–Crippen LogP) is 2.54. The number of aryl methyl sites for hydroxylation is 1. The Hall–Kier alpha value is -0.380. The minimum absolute atomic E-state index is 0.504. The van der Waals surface area contributed by atoms with Crippen molar-refractivity contribution in [2.75, 3.05) is 19.6 Å². The fourth-order valence-electron chi connectivity index (χ4n) is 2.40. The smallest absolute Gasteiger partial charge is 0.0216 e. The first-order valence-electron chi connectivity index (χ1n) is 6.19. The molecule has 0 amide bonds. The van der Waals surface area contributed by atoms with Crippen LogP contribution in [0, 0.1) is 12.3 Å². The van der Waals surface area contributed by atoms with Crippen molar-refractivity contribution in [2.24, 2.45) is 5.41 Å². The second-order valence-electron chi connectivity index (χ2n) is 4.96. The quantitative estimate of drug-likeness (QED) is 0.824. The standard InChI is InChI=1S/C13H22N2S/c1-3-13(4-5-14-9-13)10-15-6-12-8-16-7-11(12)2/h7-8,14-15H,3-6,9-10H2,1-2H3. The van der Waals surface area contributed by atoms with Crippen molar-refractivity contribution >= 4 is 11.3 Å². The highest BCUT2D eigenvalue weighted by Gasteiger charge is 2.31. The van der Waals surface area contributed by atoms with E-state index in [-0.39, 0.29) is 0 Å². The summed E-state index contributed by atoms with van der Waals surface area (Å²) in [6.45, 7) is 9.04. The molecule has 1 aliphatic rings. The van der Waals surface area contributed by atoms with Crippen LogP contribution in [0.2, 0.25) is 0 Å². The van der Waals surface area contributed by atoms with Crippen LogP contribution in [0.25, 0.3) is 0 Å². The van der Waals surface area contributed by atoms with E-state index in [1.807, 2.05) is 0 Å². The molecular weight excluding hydrogens is 216 g/mol. The normalized spacial score (nSPS) is 25.1. The molecule has 0 radical (unpaired) electrons.